The Hall–Kier alpha value is -0.610. The van der Waals surface area contributed by atoms with Gasteiger partial charge < -0.3 is 15.7 Å². The predicted octanol–water partition coefficient (Wildman–Crippen LogP) is 0.260. The molecule has 0 bridgehead atoms. The molecule has 0 rings (SSSR count). The van der Waals surface area contributed by atoms with E-state index in [0.717, 1.165) is 0 Å². The smallest absolute Gasteiger partial charge is 0.234 e. The highest BCUT2D eigenvalue weighted by molar-refractivity contribution is 5.78. The van der Waals surface area contributed by atoms with E-state index in [1.165, 1.54) is 0 Å². The Kier molecular flexibility index (Phi) is 5.08. The number of nitrogens with one attached hydrogen (secondary N) is 2. The summed E-state index contributed by atoms with van der Waals surface area (Å²) < 4.78 is 0. The largest absolute Gasteiger partial charge is 0.392 e. The molecule has 0 aromatic carbocycles. The molecule has 0 spiro atoms. The van der Waals surface area contributed by atoms with Crippen molar-refractivity contribution in [2.75, 3.05) is 6.54 Å². The summed E-state index contributed by atoms with van der Waals surface area (Å²) >= 11 is 0. The number of carbonyl (C=O) groups excluding carboxylic acids is 1. The van der Waals surface area contributed by atoms with Crippen LogP contribution < -0.4 is 10.6 Å². The first-order chi connectivity index (χ1) is 6.22. The molecule has 1 amide bonds. The summed E-state index contributed by atoms with van der Waals surface area (Å²) in [5.74, 6) is -0.0509. The maximum absolute atomic E-state index is 11.3. The van der Waals surface area contributed by atoms with Gasteiger partial charge in [-0.2, -0.15) is 0 Å². The van der Waals surface area contributed by atoms with E-state index in [0.29, 0.717) is 0 Å². The predicted molar refractivity (Wildman–Crippen MR) is 57.0 cm³/mol. The Balaban J connectivity index is 3.75. The van der Waals surface area contributed by atoms with Gasteiger partial charge in [0.2, 0.25) is 5.91 Å². The number of aliphatic hydroxyl groups is 1. The number of rotatable bonds is 4. The number of amides is 1. The van der Waals surface area contributed by atoms with E-state index in [-0.39, 0.29) is 24.0 Å². The van der Waals surface area contributed by atoms with Crippen molar-refractivity contribution < 1.29 is 9.90 Å². The molecule has 4 nitrogen and oxygen atoms in total. The van der Waals surface area contributed by atoms with Crippen LogP contribution in [0.1, 0.15) is 34.6 Å². The van der Waals surface area contributed by atoms with Crippen LogP contribution in [0.3, 0.4) is 0 Å². The molecule has 14 heavy (non-hydrogen) atoms. The number of carbonyl (C=O) groups is 1. The van der Waals surface area contributed by atoms with Crippen LogP contribution in [-0.2, 0) is 4.79 Å². The van der Waals surface area contributed by atoms with Gasteiger partial charge in [-0.25, -0.2) is 0 Å². The third kappa shape index (κ3) is 6.86. The van der Waals surface area contributed by atoms with E-state index in [9.17, 15) is 9.90 Å². The summed E-state index contributed by atoms with van der Waals surface area (Å²) in [6, 6.07) is -0.0688. The van der Waals surface area contributed by atoms with Crippen molar-refractivity contribution in [3.63, 3.8) is 0 Å². The first kappa shape index (κ1) is 13.4. The second-order valence-electron chi connectivity index (χ2n) is 4.71. The molecule has 0 aliphatic carbocycles. The van der Waals surface area contributed by atoms with Crippen LogP contribution in [0.15, 0.2) is 0 Å². The van der Waals surface area contributed by atoms with E-state index >= 15 is 0 Å². The van der Waals surface area contributed by atoms with Crippen molar-refractivity contribution in [3.8, 4) is 0 Å². The van der Waals surface area contributed by atoms with E-state index < -0.39 is 6.10 Å². The quantitative estimate of drug-likeness (QED) is 0.613. The monoisotopic (exact) mass is 202 g/mol. The van der Waals surface area contributed by atoms with Crippen molar-refractivity contribution in [2.24, 2.45) is 0 Å². The van der Waals surface area contributed by atoms with Crippen LogP contribution in [0.2, 0.25) is 0 Å². The Morgan fingerprint density at radius 2 is 1.86 bits per heavy atom. The van der Waals surface area contributed by atoms with Crippen LogP contribution in [0.25, 0.3) is 0 Å². The zero-order valence-electron chi connectivity index (χ0n) is 9.72. The molecule has 0 saturated carbocycles. The Labute approximate surface area is 86.1 Å². The third-order valence-electron chi connectivity index (χ3n) is 1.82. The molecule has 3 N–H and O–H groups in total. The summed E-state index contributed by atoms with van der Waals surface area (Å²) in [5, 5.41) is 14.9. The summed E-state index contributed by atoms with van der Waals surface area (Å²) in [5.41, 5.74) is -0.202. The van der Waals surface area contributed by atoms with Gasteiger partial charge in [0.05, 0.1) is 12.6 Å². The van der Waals surface area contributed by atoms with Gasteiger partial charge in [0.15, 0.2) is 0 Å². The van der Waals surface area contributed by atoms with Crippen molar-refractivity contribution in [3.05, 3.63) is 0 Å². The minimum absolute atomic E-state index is 0.0509. The highest BCUT2D eigenvalue weighted by atomic mass is 16.3. The molecule has 0 heterocycles. The number of aliphatic hydroxyl groups excluding tert-OH is 1. The molecule has 0 aromatic heterocycles. The summed E-state index contributed by atoms with van der Waals surface area (Å²) in [7, 11) is 0. The standard InChI is InChI=1S/C10H22N2O2/c1-7(8(2)13)11-6-9(14)12-10(3,4)5/h7-8,11,13H,6H2,1-5H3,(H,12,14). The lowest BCUT2D eigenvalue weighted by Crippen LogP contribution is -2.47. The van der Waals surface area contributed by atoms with Gasteiger partial charge in [-0.15, -0.1) is 0 Å². The second-order valence-corrected chi connectivity index (χ2v) is 4.71. The van der Waals surface area contributed by atoms with Crippen molar-refractivity contribution in [1.29, 1.82) is 0 Å². The van der Waals surface area contributed by atoms with E-state index in [4.69, 9.17) is 0 Å². The molecule has 0 saturated heterocycles. The zero-order valence-corrected chi connectivity index (χ0v) is 9.72. The van der Waals surface area contributed by atoms with Crippen LogP contribution in [0.5, 0.6) is 0 Å². The molecule has 0 fully saturated rings. The molecule has 0 radical (unpaired) electrons. The molecule has 0 aromatic rings. The van der Waals surface area contributed by atoms with Crippen LogP contribution in [0, 0.1) is 0 Å². The fourth-order valence-electron chi connectivity index (χ4n) is 0.887. The van der Waals surface area contributed by atoms with Crippen molar-refractivity contribution >= 4 is 5.91 Å². The fourth-order valence-corrected chi connectivity index (χ4v) is 0.887. The molecule has 84 valence electrons. The van der Waals surface area contributed by atoms with Gasteiger partial charge in [-0.3, -0.25) is 4.79 Å². The molecular formula is C10H22N2O2. The topological polar surface area (TPSA) is 61.4 Å². The van der Waals surface area contributed by atoms with Gasteiger partial charge in [0.1, 0.15) is 0 Å². The van der Waals surface area contributed by atoms with Crippen molar-refractivity contribution in [1.82, 2.24) is 10.6 Å². The molecule has 0 aliphatic heterocycles. The lowest BCUT2D eigenvalue weighted by Gasteiger charge is -2.22. The van der Waals surface area contributed by atoms with Crippen LogP contribution in [-0.4, -0.2) is 35.2 Å². The lowest BCUT2D eigenvalue weighted by molar-refractivity contribution is -0.121. The normalized spacial score (nSPS) is 16.1. The van der Waals surface area contributed by atoms with E-state index in [1.807, 2.05) is 27.7 Å². The maximum atomic E-state index is 11.3. The maximum Gasteiger partial charge on any atom is 0.234 e. The zero-order chi connectivity index (χ0) is 11.4. The van der Waals surface area contributed by atoms with Crippen LogP contribution in [0.4, 0.5) is 0 Å². The van der Waals surface area contributed by atoms with E-state index in [1.54, 1.807) is 6.92 Å². The van der Waals surface area contributed by atoms with Gasteiger partial charge in [-0.1, -0.05) is 0 Å². The Morgan fingerprint density at radius 3 is 2.21 bits per heavy atom. The summed E-state index contributed by atoms with van der Waals surface area (Å²) in [6.45, 7) is 9.58. The number of hydrogen-bond acceptors (Lipinski definition) is 3. The summed E-state index contributed by atoms with van der Waals surface area (Å²) in [4.78, 5) is 11.3. The minimum Gasteiger partial charge on any atom is -0.392 e. The van der Waals surface area contributed by atoms with E-state index in [2.05, 4.69) is 10.6 Å². The molecule has 4 heteroatoms. The Bertz CT molecular complexity index is 185. The molecule has 2 atom stereocenters. The highest BCUT2D eigenvalue weighted by Gasteiger charge is 2.15. The summed E-state index contributed by atoms with van der Waals surface area (Å²) in [6.07, 6.45) is -0.447. The average molecular weight is 202 g/mol. The molecular weight excluding hydrogens is 180 g/mol. The van der Waals surface area contributed by atoms with Gasteiger partial charge in [-0.05, 0) is 34.6 Å². The number of hydrogen-bond donors (Lipinski definition) is 3. The highest BCUT2D eigenvalue weighted by Crippen LogP contribution is 1.97. The fraction of sp³-hybridized carbons (Fsp3) is 0.900. The first-order valence-corrected chi connectivity index (χ1v) is 4.95. The second kappa shape index (κ2) is 5.32. The third-order valence-corrected chi connectivity index (χ3v) is 1.82. The van der Waals surface area contributed by atoms with Crippen molar-refractivity contribution in [2.45, 2.75) is 52.3 Å². The first-order valence-electron chi connectivity index (χ1n) is 4.95. The molecule has 2 unspecified atom stereocenters. The molecule has 0 aliphatic rings. The Morgan fingerprint density at radius 1 is 1.36 bits per heavy atom. The van der Waals surface area contributed by atoms with Gasteiger partial charge in [0, 0.05) is 11.6 Å². The SMILES string of the molecule is CC(O)C(C)NCC(=O)NC(C)(C)C. The van der Waals surface area contributed by atoms with Gasteiger partial charge >= 0.3 is 0 Å². The average Bonchev–Trinajstić information content (AvgIpc) is 1.96. The lowest BCUT2D eigenvalue weighted by atomic mass is 10.1. The van der Waals surface area contributed by atoms with Crippen LogP contribution >= 0.6 is 0 Å². The minimum atomic E-state index is -0.447. The van der Waals surface area contributed by atoms with Gasteiger partial charge in [0.25, 0.3) is 0 Å².